The Morgan fingerprint density at radius 3 is 2.69 bits per heavy atom. The van der Waals surface area contributed by atoms with E-state index >= 15 is 0 Å². The second-order valence-electron chi connectivity index (χ2n) is 4.42. The van der Waals surface area contributed by atoms with E-state index in [1.807, 2.05) is 0 Å². The second-order valence-corrected chi connectivity index (χ2v) is 4.42. The van der Waals surface area contributed by atoms with E-state index in [-0.39, 0.29) is 19.3 Å². The fourth-order valence-electron chi connectivity index (χ4n) is 2.42. The minimum absolute atomic E-state index is 0.0763. The molecule has 16 heavy (non-hydrogen) atoms. The highest BCUT2D eigenvalue weighted by Crippen LogP contribution is 2.27. The van der Waals surface area contributed by atoms with Crippen molar-refractivity contribution in [1.29, 1.82) is 0 Å². The van der Waals surface area contributed by atoms with Crippen molar-refractivity contribution in [1.82, 2.24) is 5.32 Å². The van der Waals surface area contributed by atoms with E-state index in [0.717, 1.165) is 6.42 Å². The van der Waals surface area contributed by atoms with Crippen molar-refractivity contribution in [3.05, 3.63) is 0 Å². The highest BCUT2D eigenvalue weighted by atomic mass is 16.6. The van der Waals surface area contributed by atoms with Crippen LogP contribution < -0.4 is 5.32 Å². The molecule has 0 aromatic carbocycles. The summed E-state index contributed by atoms with van der Waals surface area (Å²) >= 11 is 0. The molecule has 2 N–H and O–H groups in total. The summed E-state index contributed by atoms with van der Waals surface area (Å²) in [5, 5.41) is 11.4. The summed E-state index contributed by atoms with van der Waals surface area (Å²) in [5.41, 5.74) is 0. The van der Waals surface area contributed by atoms with Crippen molar-refractivity contribution < 1.29 is 14.6 Å². The van der Waals surface area contributed by atoms with E-state index in [1.54, 1.807) is 0 Å². The summed E-state index contributed by atoms with van der Waals surface area (Å²) in [6.45, 7) is 2.05. The van der Waals surface area contributed by atoms with Crippen molar-refractivity contribution in [3.63, 3.8) is 0 Å². The summed E-state index contributed by atoms with van der Waals surface area (Å²) in [6, 6.07) is 0.228. The van der Waals surface area contributed by atoms with Gasteiger partial charge >= 0.3 is 6.09 Å². The molecule has 0 bridgehead atoms. The number of alkyl carbamates (subject to hydrolysis) is 1. The number of rotatable bonds is 5. The molecule has 4 nitrogen and oxygen atoms in total. The van der Waals surface area contributed by atoms with Crippen LogP contribution in [0.4, 0.5) is 4.79 Å². The van der Waals surface area contributed by atoms with E-state index in [4.69, 9.17) is 9.84 Å². The normalized spacial score (nSPS) is 19.1. The van der Waals surface area contributed by atoms with Gasteiger partial charge in [0, 0.05) is 6.04 Å². The molecule has 0 aromatic rings. The van der Waals surface area contributed by atoms with Crippen LogP contribution >= 0.6 is 0 Å². The first kappa shape index (κ1) is 13.3. The van der Waals surface area contributed by atoms with Gasteiger partial charge in [-0.05, 0) is 25.2 Å². The van der Waals surface area contributed by atoms with E-state index in [2.05, 4.69) is 12.2 Å². The van der Waals surface area contributed by atoms with Gasteiger partial charge in [-0.15, -0.1) is 0 Å². The number of carbonyl (C=O) groups excluding carboxylic acids is 1. The molecule has 1 fully saturated rings. The van der Waals surface area contributed by atoms with Crippen molar-refractivity contribution in [2.45, 2.75) is 51.5 Å². The average Bonchev–Trinajstić information content (AvgIpc) is 2.34. The number of nitrogens with one attached hydrogen (secondary N) is 1. The van der Waals surface area contributed by atoms with Crippen LogP contribution in [0, 0.1) is 5.92 Å². The highest BCUT2D eigenvalue weighted by molar-refractivity contribution is 5.67. The molecule has 1 atom stereocenters. The number of aliphatic hydroxyl groups excluding tert-OH is 1. The Labute approximate surface area is 97.4 Å². The van der Waals surface area contributed by atoms with Crippen LogP contribution in [0.3, 0.4) is 0 Å². The van der Waals surface area contributed by atoms with E-state index in [0.29, 0.717) is 5.92 Å². The van der Waals surface area contributed by atoms with Crippen LogP contribution in [0.5, 0.6) is 0 Å². The Bertz CT molecular complexity index is 202. The van der Waals surface area contributed by atoms with Gasteiger partial charge in [-0.2, -0.15) is 0 Å². The second kappa shape index (κ2) is 7.49. The number of ether oxygens (including phenoxy) is 1. The molecular formula is C12H23NO3. The van der Waals surface area contributed by atoms with Gasteiger partial charge in [0.05, 0.1) is 6.61 Å². The minimum Gasteiger partial charge on any atom is -0.447 e. The van der Waals surface area contributed by atoms with Crippen molar-refractivity contribution in [3.8, 4) is 0 Å². The van der Waals surface area contributed by atoms with Crippen LogP contribution in [0.25, 0.3) is 0 Å². The van der Waals surface area contributed by atoms with Crippen molar-refractivity contribution in [2.75, 3.05) is 13.2 Å². The van der Waals surface area contributed by atoms with Crippen LogP contribution in [0.2, 0.25) is 0 Å². The molecule has 0 spiro atoms. The van der Waals surface area contributed by atoms with Crippen molar-refractivity contribution >= 4 is 6.09 Å². The standard InChI is InChI=1S/C12H23NO3/c1-2-11(10-6-4-3-5-7-10)13-12(15)16-9-8-14/h10-11,14H,2-9H2,1H3,(H,13,15). The summed E-state index contributed by atoms with van der Waals surface area (Å²) in [7, 11) is 0. The van der Waals surface area contributed by atoms with Gasteiger partial charge in [0.15, 0.2) is 0 Å². The summed E-state index contributed by atoms with van der Waals surface area (Å²) in [6.07, 6.45) is 6.83. The maximum Gasteiger partial charge on any atom is 0.407 e. The van der Waals surface area contributed by atoms with E-state index in [9.17, 15) is 4.79 Å². The maximum atomic E-state index is 11.4. The van der Waals surface area contributed by atoms with Crippen molar-refractivity contribution in [2.24, 2.45) is 5.92 Å². The Morgan fingerprint density at radius 2 is 2.12 bits per heavy atom. The summed E-state index contributed by atoms with van der Waals surface area (Å²) in [4.78, 5) is 11.4. The fraction of sp³-hybridized carbons (Fsp3) is 0.917. The lowest BCUT2D eigenvalue weighted by molar-refractivity contribution is 0.111. The van der Waals surface area contributed by atoms with Gasteiger partial charge in [-0.25, -0.2) is 4.79 Å². The first-order chi connectivity index (χ1) is 7.77. The molecule has 0 aliphatic heterocycles. The molecule has 0 radical (unpaired) electrons. The lowest BCUT2D eigenvalue weighted by Gasteiger charge is -2.29. The third kappa shape index (κ3) is 4.39. The smallest absolute Gasteiger partial charge is 0.407 e. The molecule has 1 saturated carbocycles. The molecular weight excluding hydrogens is 206 g/mol. The third-order valence-electron chi connectivity index (χ3n) is 3.29. The molecule has 0 heterocycles. The predicted molar refractivity (Wildman–Crippen MR) is 62.2 cm³/mol. The number of hydrogen-bond donors (Lipinski definition) is 2. The van der Waals surface area contributed by atoms with Gasteiger partial charge in [0.25, 0.3) is 0 Å². The van der Waals surface area contributed by atoms with Gasteiger partial charge in [-0.3, -0.25) is 0 Å². The summed E-state index contributed by atoms with van der Waals surface area (Å²) < 4.78 is 4.81. The molecule has 4 heteroatoms. The van der Waals surface area contributed by atoms with Gasteiger partial charge < -0.3 is 15.2 Å². The zero-order valence-corrected chi connectivity index (χ0v) is 10.1. The molecule has 1 amide bonds. The first-order valence-corrected chi connectivity index (χ1v) is 6.32. The zero-order chi connectivity index (χ0) is 11.8. The molecule has 1 rings (SSSR count). The lowest BCUT2D eigenvalue weighted by Crippen LogP contribution is -2.41. The monoisotopic (exact) mass is 229 g/mol. The third-order valence-corrected chi connectivity index (χ3v) is 3.29. The van der Waals surface area contributed by atoms with E-state index < -0.39 is 6.09 Å². The Morgan fingerprint density at radius 1 is 1.44 bits per heavy atom. The quantitative estimate of drug-likeness (QED) is 0.758. The molecule has 94 valence electrons. The molecule has 1 unspecified atom stereocenters. The molecule has 0 aromatic heterocycles. The van der Waals surface area contributed by atoms with Crippen LogP contribution in [0.1, 0.15) is 45.4 Å². The van der Waals surface area contributed by atoms with Crippen LogP contribution in [0.15, 0.2) is 0 Å². The largest absolute Gasteiger partial charge is 0.447 e. The van der Waals surface area contributed by atoms with Gasteiger partial charge in [-0.1, -0.05) is 26.2 Å². The number of amides is 1. The number of hydrogen-bond acceptors (Lipinski definition) is 3. The van der Waals surface area contributed by atoms with Gasteiger partial charge in [0.1, 0.15) is 6.61 Å². The van der Waals surface area contributed by atoms with Gasteiger partial charge in [0.2, 0.25) is 0 Å². The molecule has 0 saturated heterocycles. The fourth-order valence-corrected chi connectivity index (χ4v) is 2.42. The minimum atomic E-state index is -0.397. The maximum absolute atomic E-state index is 11.4. The topological polar surface area (TPSA) is 58.6 Å². The van der Waals surface area contributed by atoms with Crippen LogP contribution in [-0.4, -0.2) is 30.5 Å². The highest BCUT2D eigenvalue weighted by Gasteiger charge is 2.23. The number of aliphatic hydroxyl groups is 1. The predicted octanol–water partition coefficient (Wildman–Crippen LogP) is 2.06. The average molecular weight is 229 g/mol. The van der Waals surface area contributed by atoms with E-state index in [1.165, 1.54) is 32.1 Å². The first-order valence-electron chi connectivity index (χ1n) is 6.32. The molecule has 1 aliphatic rings. The Balaban J connectivity index is 2.32. The van der Waals surface area contributed by atoms with Crippen LogP contribution in [-0.2, 0) is 4.74 Å². The Hall–Kier alpha value is -0.770. The number of carbonyl (C=O) groups is 1. The lowest BCUT2D eigenvalue weighted by atomic mass is 9.83. The zero-order valence-electron chi connectivity index (χ0n) is 10.1. The molecule has 1 aliphatic carbocycles. The SMILES string of the molecule is CCC(NC(=O)OCCO)C1CCCCC1. The Kier molecular flexibility index (Phi) is 6.23. The summed E-state index contributed by atoms with van der Waals surface area (Å²) in [5.74, 6) is 0.598.